The van der Waals surface area contributed by atoms with Crippen molar-refractivity contribution in [3.05, 3.63) is 26.9 Å². The molecule has 0 aliphatic rings. The van der Waals surface area contributed by atoms with Gasteiger partial charge in [-0.15, -0.1) is 11.3 Å². The van der Waals surface area contributed by atoms with Crippen molar-refractivity contribution in [1.29, 1.82) is 0 Å². The van der Waals surface area contributed by atoms with Crippen LogP contribution in [0.1, 0.15) is 25.1 Å². The molecule has 0 saturated carbocycles. The minimum Gasteiger partial charge on any atom is -0.394 e. The predicted molar refractivity (Wildman–Crippen MR) is 75.0 cm³/mol. The average molecular weight is 318 g/mol. The van der Waals surface area contributed by atoms with Gasteiger partial charge in [0.1, 0.15) is 0 Å². The second-order valence-electron chi connectivity index (χ2n) is 4.04. The molecule has 1 atom stereocenters. The summed E-state index contributed by atoms with van der Waals surface area (Å²) in [6.45, 7) is 3.69. The molecule has 0 aliphatic carbocycles. The summed E-state index contributed by atoms with van der Waals surface area (Å²) in [6.07, 6.45) is 3.94. The first-order valence-electron chi connectivity index (χ1n) is 5.35. The molecule has 94 valence electrons. The van der Waals surface area contributed by atoms with Gasteiger partial charge in [0.05, 0.1) is 15.9 Å². The number of aliphatic hydroxyl groups excluding tert-OH is 1. The first-order chi connectivity index (χ1) is 7.99. The van der Waals surface area contributed by atoms with Gasteiger partial charge in [-0.1, -0.05) is 6.92 Å². The van der Waals surface area contributed by atoms with Gasteiger partial charge < -0.3 is 10.4 Å². The van der Waals surface area contributed by atoms with Gasteiger partial charge in [0.25, 0.3) is 0 Å². The van der Waals surface area contributed by atoms with E-state index in [4.69, 9.17) is 0 Å². The number of thiophene rings is 1. The summed E-state index contributed by atoms with van der Waals surface area (Å²) in [6, 6.07) is 3.87. The van der Waals surface area contributed by atoms with E-state index in [0.717, 1.165) is 8.66 Å². The standard InChI is InChI=1S/C12H16BrNO2S/c1-3-12(2,8-15)14-11(16)7-5-9-4-6-10(13)17-9/h4-7,15H,3,8H2,1-2H3,(H,14,16). The Balaban J connectivity index is 2.58. The summed E-state index contributed by atoms with van der Waals surface area (Å²) in [7, 11) is 0. The fourth-order valence-corrected chi connectivity index (χ4v) is 2.48. The Labute approximate surface area is 114 Å². The van der Waals surface area contributed by atoms with E-state index in [0.29, 0.717) is 6.42 Å². The van der Waals surface area contributed by atoms with Crippen molar-refractivity contribution >= 4 is 39.2 Å². The van der Waals surface area contributed by atoms with Crippen LogP contribution in [0.4, 0.5) is 0 Å². The third-order valence-electron chi connectivity index (χ3n) is 2.55. The number of hydrogen-bond donors (Lipinski definition) is 2. The molecule has 0 bridgehead atoms. The number of amides is 1. The monoisotopic (exact) mass is 317 g/mol. The van der Waals surface area contributed by atoms with Crippen LogP contribution in [0, 0.1) is 0 Å². The molecular weight excluding hydrogens is 302 g/mol. The maximum atomic E-state index is 11.6. The molecule has 0 aliphatic heterocycles. The Kier molecular flexibility index (Phi) is 5.36. The van der Waals surface area contributed by atoms with Crippen molar-refractivity contribution in [3.63, 3.8) is 0 Å². The number of carbonyl (C=O) groups is 1. The molecule has 5 heteroatoms. The van der Waals surface area contributed by atoms with E-state index < -0.39 is 5.54 Å². The number of hydrogen-bond acceptors (Lipinski definition) is 3. The van der Waals surface area contributed by atoms with Gasteiger partial charge in [0.2, 0.25) is 5.91 Å². The van der Waals surface area contributed by atoms with Crippen LogP contribution in [-0.4, -0.2) is 23.2 Å². The third kappa shape index (κ3) is 4.61. The molecule has 1 amide bonds. The Morgan fingerprint density at radius 3 is 2.82 bits per heavy atom. The molecule has 1 rings (SSSR count). The molecule has 0 aromatic carbocycles. The molecule has 0 spiro atoms. The molecule has 1 aromatic rings. The molecule has 0 radical (unpaired) electrons. The van der Waals surface area contributed by atoms with Crippen LogP contribution in [0.15, 0.2) is 22.0 Å². The highest BCUT2D eigenvalue weighted by Crippen LogP contribution is 2.22. The molecular formula is C12H16BrNO2S. The lowest BCUT2D eigenvalue weighted by Crippen LogP contribution is -2.47. The highest BCUT2D eigenvalue weighted by atomic mass is 79.9. The van der Waals surface area contributed by atoms with Crippen LogP contribution in [-0.2, 0) is 4.79 Å². The van der Waals surface area contributed by atoms with Crippen LogP contribution in [0.2, 0.25) is 0 Å². The minimum atomic E-state index is -0.544. The van der Waals surface area contributed by atoms with Gasteiger partial charge in [-0.2, -0.15) is 0 Å². The normalized spacial score (nSPS) is 14.8. The zero-order valence-electron chi connectivity index (χ0n) is 9.87. The maximum Gasteiger partial charge on any atom is 0.244 e. The summed E-state index contributed by atoms with van der Waals surface area (Å²) in [5, 5.41) is 12.0. The fraction of sp³-hybridized carbons (Fsp3) is 0.417. The summed E-state index contributed by atoms with van der Waals surface area (Å²) in [5.74, 6) is -0.187. The van der Waals surface area contributed by atoms with Crippen LogP contribution in [0.5, 0.6) is 0 Å². The van der Waals surface area contributed by atoms with Crippen LogP contribution < -0.4 is 5.32 Å². The highest BCUT2D eigenvalue weighted by molar-refractivity contribution is 9.11. The van der Waals surface area contributed by atoms with Crippen molar-refractivity contribution in [2.24, 2.45) is 0 Å². The average Bonchev–Trinajstić information content (AvgIpc) is 2.72. The zero-order chi connectivity index (χ0) is 12.9. The molecule has 1 aromatic heterocycles. The number of carbonyl (C=O) groups excluding carboxylic acids is 1. The highest BCUT2D eigenvalue weighted by Gasteiger charge is 2.21. The minimum absolute atomic E-state index is 0.0619. The van der Waals surface area contributed by atoms with E-state index in [1.54, 1.807) is 17.4 Å². The predicted octanol–water partition coefficient (Wildman–Crippen LogP) is 2.80. The van der Waals surface area contributed by atoms with E-state index >= 15 is 0 Å². The van der Waals surface area contributed by atoms with Crippen molar-refractivity contribution in [2.45, 2.75) is 25.8 Å². The van der Waals surface area contributed by atoms with Gasteiger partial charge in [0, 0.05) is 11.0 Å². The Hall–Kier alpha value is -0.650. The van der Waals surface area contributed by atoms with Gasteiger partial charge in [0.15, 0.2) is 0 Å². The molecule has 0 fully saturated rings. The lowest BCUT2D eigenvalue weighted by Gasteiger charge is -2.26. The number of nitrogens with one attached hydrogen (secondary N) is 1. The SMILES string of the molecule is CCC(C)(CO)NC(=O)C=Cc1ccc(Br)s1. The fourth-order valence-electron chi connectivity index (χ4n) is 1.15. The van der Waals surface area contributed by atoms with Gasteiger partial charge in [-0.3, -0.25) is 4.79 Å². The Bertz CT molecular complexity index is 410. The molecule has 17 heavy (non-hydrogen) atoms. The maximum absolute atomic E-state index is 11.6. The number of rotatable bonds is 5. The smallest absolute Gasteiger partial charge is 0.244 e. The van der Waals surface area contributed by atoms with E-state index in [9.17, 15) is 9.90 Å². The Morgan fingerprint density at radius 1 is 1.65 bits per heavy atom. The summed E-state index contributed by atoms with van der Waals surface area (Å²) >= 11 is 4.92. The topological polar surface area (TPSA) is 49.3 Å². The lowest BCUT2D eigenvalue weighted by atomic mass is 10.0. The molecule has 3 nitrogen and oxygen atoms in total. The second kappa shape index (κ2) is 6.33. The summed E-state index contributed by atoms with van der Waals surface area (Å²) < 4.78 is 1.03. The van der Waals surface area contributed by atoms with E-state index in [-0.39, 0.29) is 12.5 Å². The number of halogens is 1. The summed E-state index contributed by atoms with van der Waals surface area (Å²) in [5.41, 5.74) is -0.544. The van der Waals surface area contributed by atoms with Crippen LogP contribution >= 0.6 is 27.3 Å². The zero-order valence-corrected chi connectivity index (χ0v) is 12.3. The van der Waals surface area contributed by atoms with E-state index in [1.165, 1.54) is 6.08 Å². The lowest BCUT2D eigenvalue weighted by molar-refractivity contribution is -0.118. The van der Waals surface area contributed by atoms with Gasteiger partial charge >= 0.3 is 0 Å². The van der Waals surface area contributed by atoms with Crippen molar-refractivity contribution in [1.82, 2.24) is 5.32 Å². The Morgan fingerprint density at radius 2 is 2.35 bits per heavy atom. The molecule has 1 unspecified atom stereocenters. The van der Waals surface area contributed by atoms with Crippen molar-refractivity contribution in [2.75, 3.05) is 6.61 Å². The van der Waals surface area contributed by atoms with Crippen molar-refractivity contribution < 1.29 is 9.90 Å². The van der Waals surface area contributed by atoms with Crippen molar-refractivity contribution in [3.8, 4) is 0 Å². The largest absolute Gasteiger partial charge is 0.394 e. The third-order valence-corrected chi connectivity index (χ3v) is 4.14. The first-order valence-corrected chi connectivity index (χ1v) is 6.96. The van der Waals surface area contributed by atoms with Crippen LogP contribution in [0.25, 0.3) is 6.08 Å². The quantitative estimate of drug-likeness (QED) is 0.820. The van der Waals surface area contributed by atoms with Gasteiger partial charge in [-0.05, 0) is 47.5 Å². The van der Waals surface area contributed by atoms with Gasteiger partial charge in [-0.25, -0.2) is 0 Å². The van der Waals surface area contributed by atoms with E-state index in [2.05, 4.69) is 21.2 Å². The molecule has 0 saturated heterocycles. The van der Waals surface area contributed by atoms with Crippen LogP contribution in [0.3, 0.4) is 0 Å². The van der Waals surface area contributed by atoms with E-state index in [1.807, 2.05) is 26.0 Å². The molecule has 2 N–H and O–H groups in total. The first kappa shape index (κ1) is 14.4. The second-order valence-corrected chi connectivity index (χ2v) is 6.53. The number of aliphatic hydroxyl groups is 1. The summed E-state index contributed by atoms with van der Waals surface area (Å²) in [4.78, 5) is 12.6. The molecule has 1 heterocycles.